The zero-order valence-corrected chi connectivity index (χ0v) is 13.0. The van der Waals surface area contributed by atoms with Gasteiger partial charge in [0.25, 0.3) is 0 Å². The Labute approximate surface area is 135 Å². The zero-order chi connectivity index (χ0) is 15.5. The molecule has 22 heavy (non-hydrogen) atoms. The van der Waals surface area contributed by atoms with Crippen molar-refractivity contribution in [2.75, 3.05) is 23.5 Å². The lowest BCUT2D eigenvalue weighted by atomic mass is 10.2. The molecule has 2 amide bonds. The minimum atomic E-state index is -0.278. The van der Waals surface area contributed by atoms with E-state index in [0.717, 1.165) is 0 Å². The molecular formula is C13H12ClN5O2S. The number of hydrogen-bond acceptors (Lipinski definition) is 5. The maximum atomic E-state index is 12.1. The van der Waals surface area contributed by atoms with Crippen LogP contribution in [0.25, 0.3) is 5.69 Å². The highest BCUT2D eigenvalue weighted by Gasteiger charge is 2.23. The number of halogens is 1. The van der Waals surface area contributed by atoms with Crippen LogP contribution in [-0.2, 0) is 9.59 Å². The van der Waals surface area contributed by atoms with Gasteiger partial charge in [-0.25, -0.2) is 9.67 Å². The molecule has 1 fully saturated rings. The highest BCUT2D eigenvalue weighted by atomic mass is 35.5. The SMILES string of the molecule is O=C(CN1CSCC1=O)Nc1cc(Cl)ccc1-n1cncn1. The van der Waals surface area contributed by atoms with Gasteiger partial charge in [-0.3, -0.25) is 9.59 Å². The molecule has 114 valence electrons. The lowest BCUT2D eigenvalue weighted by molar-refractivity contribution is -0.130. The van der Waals surface area contributed by atoms with Gasteiger partial charge in [-0.1, -0.05) is 11.6 Å². The van der Waals surface area contributed by atoms with Crippen LogP contribution in [-0.4, -0.2) is 49.7 Å². The number of benzene rings is 1. The van der Waals surface area contributed by atoms with Crippen LogP contribution in [0.5, 0.6) is 0 Å². The van der Waals surface area contributed by atoms with Crippen LogP contribution in [0.4, 0.5) is 5.69 Å². The molecule has 0 spiro atoms. The number of thioether (sulfide) groups is 1. The van der Waals surface area contributed by atoms with Crippen LogP contribution in [0.3, 0.4) is 0 Å². The first kappa shape index (κ1) is 14.9. The van der Waals surface area contributed by atoms with Gasteiger partial charge in [0.2, 0.25) is 11.8 Å². The summed E-state index contributed by atoms with van der Waals surface area (Å²) >= 11 is 7.49. The molecule has 1 aliphatic rings. The summed E-state index contributed by atoms with van der Waals surface area (Å²) in [7, 11) is 0. The van der Waals surface area contributed by atoms with Crippen molar-refractivity contribution in [3.63, 3.8) is 0 Å². The summed E-state index contributed by atoms with van der Waals surface area (Å²) in [6.45, 7) is 0.0230. The Bertz CT molecular complexity index is 706. The van der Waals surface area contributed by atoms with E-state index < -0.39 is 0 Å². The smallest absolute Gasteiger partial charge is 0.244 e. The Morgan fingerprint density at radius 1 is 1.45 bits per heavy atom. The van der Waals surface area contributed by atoms with Crippen LogP contribution in [0.2, 0.25) is 5.02 Å². The summed E-state index contributed by atoms with van der Waals surface area (Å²) in [5.74, 6) is 0.661. The van der Waals surface area contributed by atoms with Crippen LogP contribution in [0.15, 0.2) is 30.9 Å². The molecule has 0 saturated carbocycles. The van der Waals surface area contributed by atoms with Crippen molar-refractivity contribution in [1.82, 2.24) is 19.7 Å². The van der Waals surface area contributed by atoms with Crippen molar-refractivity contribution >= 4 is 40.9 Å². The molecule has 3 rings (SSSR count). The number of rotatable bonds is 4. The van der Waals surface area contributed by atoms with Crippen molar-refractivity contribution in [1.29, 1.82) is 0 Å². The van der Waals surface area contributed by atoms with Gasteiger partial charge in [-0.2, -0.15) is 5.10 Å². The average molecular weight is 338 g/mol. The van der Waals surface area contributed by atoms with Crippen LogP contribution in [0.1, 0.15) is 0 Å². The number of anilines is 1. The van der Waals surface area contributed by atoms with E-state index in [0.29, 0.717) is 28.0 Å². The molecule has 2 aromatic rings. The molecule has 1 saturated heterocycles. The molecule has 0 atom stereocenters. The van der Waals surface area contributed by atoms with Gasteiger partial charge in [-0.05, 0) is 18.2 Å². The molecule has 1 aromatic heterocycles. The maximum Gasteiger partial charge on any atom is 0.244 e. The van der Waals surface area contributed by atoms with Crippen molar-refractivity contribution in [3.05, 3.63) is 35.9 Å². The standard InChI is InChI=1S/C13H12ClN5O2S/c14-9-1-2-11(19-7-15-6-16-19)10(3-9)17-12(20)4-18-8-22-5-13(18)21/h1-3,6-7H,4-5,8H2,(H,17,20). The van der Waals surface area contributed by atoms with E-state index in [4.69, 9.17) is 11.6 Å². The fraction of sp³-hybridized carbons (Fsp3) is 0.231. The highest BCUT2D eigenvalue weighted by molar-refractivity contribution is 8.00. The molecule has 1 N–H and O–H groups in total. The first-order valence-corrected chi connectivity index (χ1v) is 7.96. The van der Waals surface area contributed by atoms with Crippen molar-refractivity contribution in [2.45, 2.75) is 0 Å². The Morgan fingerprint density at radius 2 is 2.32 bits per heavy atom. The van der Waals surface area contributed by atoms with E-state index in [1.807, 2.05) is 0 Å². The quantitative estimate of drug-likeness (QED) is 0.912. The molecule has 0 aliphatic carbocycles. The van der Waals surface area contributed by atoms with E-state index in [1.54, 1.807) is 18.2 Å². The zero-order valence-electron chi connectivity index (χ0n) is 11.4. The molecule has 2 heterocycles. The van der Waals surface area contributed by atoms with E-state index in [1.165, 1.54) is 34.0 Å². The number of aromatic nitrogens is 3. The van der Waals surface area contributed by atoms with Gasteiger partial charge >= 0.3 is 0 Å². The van der Waals surface area contributed by atoms with Gasteiger partial charge in [0.1, 0.15) is 19.2 Å². The normalized spacial score (nSPS) is 14.4. The third-order valence-electron chi connectivity index (χ3n) is 3.06. The molecule has 1 aromatic carbocycles. The number of hydrogen-bond donors (Lipinski definition) is 1. The maximum absolute atomic E-state index is 12.1. The summed E-state index contributed by atoms with van der Waals surface area (Å²) in [6.07, 6.45) is 2.93. The molecule has 0 radical (unpaired) electrons. The van der Waals surface area contributed by atoms with Gasteiger partial charge in [0.05, 0.1) is 23.0 Å². The third-order valence-corrected chi connectivity index (χ3v) is 4.24. The summed E-state index contributed by atoms with van der Waals surface area (Å²) in [5, 5.41) is 7.31. The lowest BCUT2D eigenvalue weighted by Gasteiger charge is -2.16. The molecular weight excluding hydrogens is 326 g/mol. The van der Waals surface area contributed by atoms with Crippen LogP contribution >= 0.6 is 23.4 Å². The summed E-state index contributed by atoms with van der Waals surface area (Å²) in [6, 6.07) is 5.08. The molecule has 9 heteroatoms. The predicted octanol–water partition coefficient (Wildman–Crippen LogP) is 1.39. The fourth-order valence-corrected chi connectivity index (χ4v) is 3.12. The van der Waals surface area contributed by atoms with Gasteiger partial charge in [0, 0.05) is 5.02 Å². The number of carbonyl (C=O) groups excluding carboxylic acids is 2. The number of carbonyl (C=O) groups is 2. The first-order valence-electron chi connectivity index (χ1n) is 6.43. The van der Waals surface area contributed by atoms with Crippen LogP contribution < -0.4 is 5.32 Å². The Morgan fingerprint density at radius 3 is 3.00 bits per heavy atom. The molecule has 0 bridgehead atoms. The van der Waals surface area contributed by atoms with Gasteiger partial charge in [-0.15, -0.1) is 11.8 Å². The monoisotopic (exact) mass is 337 g/mol. The average Bonchev–Trinajstić information content (AvgIpc) is 3.12. The van der Waals surface area contributed by atoms with Crippen molar-refractivity contribution in [3.8, 4) is 5.69 Å². The number of amides is 2. The predicted molar refractivity (Wildman–Crippen MR) is 84.0 cm³/mol. The van der Waals surface area contributed by atoms with Crippen molar-refractivity contribution < 1.29 is 9.59 Å². The largest absolute Gasteiger partial charge is 0.323 e. The molecule has 1 aliphatic heterocycles. The van der Waals surface area contributed by atoms with Gasteiger partial charge in [0.15, 0.2) is 0 Å². The molecule has 0 unspecified atom stereocenters. The first-order chi connectivity index (χ1) is 10.6. The Hall–Kier alpha value is -2.06. The second-order valence-corrected chi connectivity index (χ2v) is 6.01. The fourth-order valence-electron chi connectivity index (χ4n) is 2.04. The second-order valence-electron chi connectivity index (χ2n) is 4.62. The van der Waals surface area contributed by atoms with E-state index in [-0.39, 0.29) is 18.4 Å². The minimum Gasteiger partial charge on any atom is -0.323 e. The molecule has 7 nitrogen and oxygen atoms in total. The second kappa shape index (κ2) is 6.37. The Kier molecular flexibility index (Phi) is 4.30. The summed E-state index contributed by atoms with van der Waals surface area (Å²) in [5.41, 5.74) is 1.17. The Balaban J connectivity index is 1.78. The topological polar surface area (TPSA) is 80.1 Å². The summed E-state index contributed by atoms with van der Waals surface area (Å²) in [4.78, 5) is 29.1. The minimum absolute atomic E-state index is 0.0230. The highest BCUT2D eigenvalue weighted by Crippen LogP contribution is 2.24. The van der Waals surface area contributed by atoms with Crippen molar-refractivity contribution in [2.24, 2.45) is 0 Å². The third kappa shape index (κ3) is 3.23. The van der Waals surface area contributed by atoms with Crippen LogP contribution in [0, 0.1) is 0 Å². The lowest BCUT2D eigenvalue weighted by Crippen LogP contribution is -2.34. The van der Waals surface area contributed by atoms with E-state index in [9.17, 15) is 9.59 Å². The summed E-state index contributed by atoms with van der Waals surface area (Å²) < 4.78 is 1.53. The number of nitrogens with one attached hydrogen (secondary N) is 1. The van der Waals surface area contributed by atoms with E-state index >= 15 is 0 Å². The van der Waals surface area contributed by atoms with Gasteiger partial charge < -0.3 is 10.2 Å². The van der Waals surface area contributed by atoms with E-state index in [2.05, 4.69) is 15.4 Å². The number of nitrogens with zero attached hydrogens (tertiary/aromatic N) is 4.